The number of hydrogen-bond acceptors (Lipinski definition) is 4. The summed E-state index contributed by atoms with van der Waals surface area (Å²) in [5.41, 5.74) is 2.49. The first-order chi connectivity index (χ1) is 16.1. The fourth-order valence-electron chi connectivity index (χ4n) is 4.35. The summed E-state index contributed by atoms with van der Waals surface area (Å²) in [5, 5.41) is 3.85. The van der Waals surface area contributed by atoms with Crippen LogP contribution in [-0.4, -0.2) is 19.0 Å². The minimum Gasteiger partial charge on any atom is -0.308 e. The lowest BCUT2D eigenvalue weighted by Gasteiger charge is -2.41. The molecular weight excluding hydrogens is 429 g/mol. The van der Waals surface area contributed by atoms with Gasteiger partial charge in [0.05, 0.1) is 18.8 Å². The van der Waals surface area contributed by atoms with Gasteiger partial charge in [-0.05, 0) is 37.0 Å². The molecule has 0 spiro atoms. The fraction of sp³-hybridized carbons (Fsp3) is 0.357. The van der Waals surface area contributed by atoms with Gasteiger partial charge in [-0.1, -0.05) is 111 Å². The summed E-state index contributed by atoms with van der Waals surface area (Å²) < 4.78 is 25.8. The lowest BCUT2D eigenvalue weighted by Crippen LogP contribution is -2.50. The summed E-state index contributed by atoms with van der Waals surface area (Å²) in [4.78, 5) is 0. The Morgan fingerprint density at radius 1 is 0.727 bits per heavy atom. The normalized spacial score (nSPS) is 13.1. The topological polar surface area (TPSA) is 47.6 Å². The average molecular weight is 466 g/mol. The van der Waals surface area contributed by atoms with E-state index in [0.29, 0.717) is 19.6 Å². The molecule has 0 radical (unpaired) electrons. The first-order valence-corrected chi connectivity index (χ1v) is 13.5. The van der Waals surface area contributed by atoms with Crippen LogP contribution in [0.3, 0.4) is 0 Å². The maximum atomic E-state index is 14.1. The molecule has 1 unspecified atom stereocenters. The second-order valence-electron chi connectivity index (χ2n) is 8.03. The van der Waals surface area contributed by atoms with Gasteiger partial charge in [-0.2, -0.15) is 0 Å². The Hall–Kier alpha value is -2.23. The Morgan fingerprint density at radius 2 is 1.12 bits per heavy atom. The molecule has 33 heavy (non-hydrogen) atoms. The third kappa shape index (κ3) is 5.83. The van der Waals surface area contributed by atoms with E-state index < -0.39 is 18.9 Å². The van der Waals surface area contributed by atoms with E-state index in [4.69, 9.17) is 9.05 Å². The summed E-state index contributed by atoms with van der Waals surface area (Å²) in [7, 11) is -3.43. The molecule has 0 aromatic heterocycles. The highest BCUT2D eigenvalue weighted by atomic mass is 31.2. The van der Waals surface area contributed by atoms with Crippen LogP contribution in [0, 0.1) is 0 Å². The van der Waals surface area contributed by atoms with E-state index in [1.54, 1.807) is 0 Å². The molecule has 1 N–H and O–H groups in total. The lowest BCUT2D eigenvalue weighted by atomic mass is 9.77. The second kappa shape index (κ2) is 12.3. The van der Waals surface area contributed by atoms with Crippen LogP contribution in [0.2, 0.25) is 0 Å². The third-order valence-electron chi connectivity index (χ3n) is 5.83. The van der Waals surface area contributed by atoms with Crippen molar-refractivity contribution in [2.45, 2.75) is 51.4 Å². The van der Waals surface area contributed by atoms with Gasteiger partial charge in [0.25, 0.3) is 0 Å². The number of unbranched alkanes of at least 4 members (excludes halogenated alkanes) is 1. The van der Waals surface area contributed by atoms with Gasteiger partial charge in [-0.3, -0.25) is 9.88 Å². The van der Waals surface area contributed by atoms with Gasteiger partial charge in [-0.25, -0.2) is 0 Å². The molecule has 0 aliphatic carbocycles. The minimum absolute atomic E-state index is 0.330. The van der Waals surface area contributed by atoms with Crippen molar-refractivity contribution in [1.29, 1.82) is 0 Å². The summed E-state index contributed by atoms with van der Waals surface area (Å²) in [6, 6.07) is 31.1. The molecular formula is C28H36NO3P. The molecule has 0 fully saturated rings. The van der Waals surface area contributed by atoms with Crippen LogP contribution in [0.15, 0.2) is 91.0 Å². The van der Waals surface area contributed by atoms with Gasteiger partial charge in [0.15, 0.2) is 0 Å². The fourth-order valence-corrected chi connectivity index (χ4v) is 6.35. The number of rotatable bonds is 13. The molecule has 5 heteroatoms. The summed E-state index contributed by atoms with van der Waals surface area (Å²) in [6.45, 7) is 6.53. The van der Waals surface area contributed by atoms with E-state index >= 15 is 0 Å². The molecule has 176 valence electrons. The Bertz CT molecular complexity index is 889. The van der Waals surface area contributed by atoms with Crippen LogP contribution in [0.1, 0.15) is 56.7 Å². The first kappa shape index (κ1) is 25.4. The Labute approximate surface area is 198 Å². The summed E-state index contributed by atoms with van der Waals surface area (Å²) >= 11 is 0. The standard InChI is InChI=1S/C28H36NO3P/c1-4-7-23-27(33(30,31-5-2)32-6-3)29-28(24-17-11-8-12-18-24,25-19-13-9-14-20-25)26-21-15-10-16-22-26/h8-22,27,29H,4-7,23H2,1-3H3. The van der Waals surface area contributed by atoms with E-state index in [2.05, 4.69) is 48.6 Å². The van der Waals surface area contributed by atoms with E-state index in [0.717, 1.165) is 29.5 Å². The van der Waals surface area contributed by atoms with Gasteiger partial charge in [0, 0.05) is 0 Å². The third-order valence-corrected chi connectivity index (χ3v) is 8.22. The van der Waals surface area contributed by atoms with Gasteiger partial charge in [0.1, 0.15) is 5.78 Å². The summed E-state index contributed by atoms with van der Waals surface area (Å²) in [5.74, 6) is -0.474. The quantitative estimate of drug-likeness (QED) is 0.212. The lowest BCUT2D eigenvalue weighted by molar-refractivity contribution is 0.200. The summed E-state index contributed by atoms with van der Waals surface area (Å²) in [6.07, 6.45) is 2.59. The van der Waals surface area contributed by atoms with E-state index in [9.17, 15) is 4.57 Å². The number of hydrogen-bond donors (Lipinski definition) is 1. The molecule has 4 nitrogen and oxygen atoms in total. The van der Waals surface area contributed by atoms with Crippen molar-refractivity contribution in [1.82, 2.24) is 5.32 Å². The molecule has 0 amide bonds. The zero-order chi connectivity index (χ0) is 23.6. The van der Waals surface area contributed by atoms with Crippen LogP contribution in [0.4, 0.5) is 0 Å². The van der Waals surface area contributed by atoms with Crippen LogP contribution in [0.5, 0.6) is 0 Å². The monoisotopic (exact) mass is 465 g/mol. The van der Waals surface area contributed by atoms with Gasteiger partial charge in [-0.15, -0.1) is 0 Å². The average Bonchev–Trinajstić information content (AvgIpc) is 2.86. The molecule has 3 rings (SSSR count). The molecule has 0 heterocycles. The van der Waals surface area contributed by atoms with Gasteiger partial charge < -0.3 is 9.05 Å². The largest absolute Gasteiger partial charge is 0.347 e. The Kier molecular flexibility index (Phi) is 9.46. The van der Waals surface area contributed by atoms with Crippen LogP contribution in [-0.2, 0) is 19.2 Å². The Balaban J connectivity index is 2.26. The maximum Gasteiger partial charge on any atom is 0.347 e. The van der Waals surface area contributed by atoms with Crippen molar-refractivity contribution in [2.75, 3.05) is 13.2 Å². The molecule has 0 saturated carbocycles. The van der Waals surface area contributed by atoms with Gasteiger partial charge >= 0.3 is 7.60 Å². The highest BCUT2D eigenvalue weighted by Gasteiger charge is 2.44. The zero-order valence-electron chi connectivity index (χ0n) is 19.9. The first-order valence-electron chi connectivity index (χ1n) is 11.9. The molecule has 0 aliphatic heterocycles. The highest BCUT2D eigenvalue weighted by molar-refractivity contribution is 7.54. The highest BCUT2D eigenvalue weighted by Crippen LogP contribution is 2.55. The molecule has 0 saturated heterocycles. The van der Waals surface area contributed by atoms with Crippen molar-refractivity contribution >= 4 is 7.60 Å². The van der Waals surface area contributed by atoms with E-state index in [1.807, 2.05) is 68.4 Å². The second-order valence-corrected chi connectivity index (χ2v) is 10.2. The predicted molar refractivity (Wildman–Crippen MR) is 137 cm³/mol. The van der Waals surface area contributed by atoms with Crippen molar-refractivity contribution in [3.8, 4) is 0 Å². The van der Waals surface area contributed by atoms with Crippen molar-refractivity contribution in [3.05, 3.63) is 108 Å². The van der Waals surface area contributed by atoms with E-state index in [1.165, 1.54) is 0 Å². The van der Waals surface area contributed by atoms with E-state index in [-0.39, 0.29) is 0 Å². The smallest absolute Gasteiger partial charge is 0.308 e. The van der Waals surface area contributed by atoms with Gasteiger partial charge in [0.2, 0.25) is 0 Å². The molecule has 3 aromatic rings. The number of nitrogens with one attached hydrogen (secondary N) is 1. The molecule has 0 aliphatic rings. The van der Waals surface area contributed by atoms with Crippen LogP contribution in [0.25, 0.3) is 0 Å². The van der Waals surface area contributed by atoms with Crippen LogP contribution < -0.4 is 5.32 Å². The molecule has 1 atom stereocenters. The van der Waals surface area contributed by atoms with Crippen molar-refractivity contribution in [2.24, 2.45) is 0 Å². The zero-order valence-corrected chi connectivity index (χ0v) is 20.8. The SMILES string of the molecule is CCCCC(NC(c1ccccc1)(c1ccccc1)c1ccccc1)P(=O)(OCC)OCC. The Morgan fingerprint density at radius 3 is 1.45 bits per heavy atom. The molecule has 0 bridgehead atoms. The maximum absolute atomic E-state index is 14.1. The van der Waals surface area contributed by atoms with Crippen molar-refractivity contribution < 1.29 is 13.6 Å². The molecule has 3 aromatic carbocycles. The number of benzene rings is 3. The van der Waals surface area contributed by atoms with Crippen LogP contribution >= 0.6 is 7.60 Å². The predicted octanol–water partition coefficient (Wildman–Crippen LogP) is 7.35. The van der Waals surface area contributed by atoms with Crippen molar-refractivity contribution in [3.63, 3.8) is 0 Å². The minimum atomic E-state index is -3.43.